The van der Waals surface area contributed by atoms with Crippen molar-refractivity contribution in [2.75, 3.05) is 0 Å². The van der Waals surface area contributed by atoms with E-state index in [0.29, 0.717) is 17.3 Å². The summed E-state index contributed by atoms with van der Waals surface area (Å²) in [5, 5.41) is 0.350. The fourth-order valence-corrected chi connectivity index (χ4v) is 2.31. The minimum atomic E-state index is -0.551. The van der Waals surface area contributed by atoms with Gasteiger partial charge in [0.2, 0.25) is 0 Å². The van der Waals surface area contributed by atoms with E-state index in [4.69, 9.17) is 16.0 Å². The molecule has 3 nitrogen and oxygen atoms in total. The Bertz CT molecular complexity index is 623. The number of amides is 1. The predicted octanol–water partition coefficient (Wildman–Crippen LogP) is 3.88. The van der Waals surface area contributed by atoms with Gasteiger partial charge in [0.25, 0.3) is 5.91 Å². The number of rotatable bonds is 4. The van der Waals surface area contributed by atoms with Gasteiger partial charge in [-0.1, -0.05) is 11.6 Å². The van der Waals surface area contributed by atoms with Gasteiger partial charge in [0, 0.05) is 11.1 Å². The Morgan fingerprint density at radius 2 is 2.20 bits per heavy atom. The van der Waals surface area contributed by atoms with Gasteiger partial charge in [-0.05, 0) is 43.2 Å². The topological polar surface area (TPSA) is 33.5 Å². The smallest absolute Gasteiger partial charge is 0.257 e. The van der Waals surface area contributed by atoms with Crippen LogP contribution in [0.4, 0.5) is 4.39 Å². The van der Waals surface area contributed by atoms with Crippen LogP contribution in [0.3, 0.4) is 0 Å². The van der Waals surface area contributed by atoms with E-state index in [1.54, 1.807) is 23.3 Å². The molecule has 0 unspecified atom stereocenters. The van der Waals surface area contributed by atoms with Crippen LogP contribution in [0, 0.1) is 5.82 Å². The van der Waals surface area contributed by atoms with Crippen LogP contribution >= 0.6 is 11.6 Å². The third-order valence-corrected chi connectivity index (χ3v) is 3.55. The molecule has 1 aromatic heterocycles. The average molecular weight is 294 g/mol. The highest BCUT2D eigenvalue weighted by atomic mass is 35.5. The average Bonchev–Trinajstić information content (AvgIpc) is 3.15. The largest absolute Gasteiger partial charge is 0.467 e. The lowest BCUT2D eigenvalue weighted by atomic mass is 10.1. The van der Waals surface area contributed by atoms with Gasteiger partial charge in [-0.2, -0.15) is 0 Å². The normalized spacial score (nSPS) is 14.3. The van der Waals surface area contributed by atoms with Gasteiger partial charge in [0.15, 0.2) is 0 Å². The van der Waals surface area contributed by atoms with E-state index in [0.717, 1.165) is 12.8 Å². The van der Waals surface area contributed by atoms with Gasteiger partial charge in [-0.25, -0.2) is 4.39 Å². The molecule has 0 bridgehead atoms. The van der Waals surface area contributed by atoms with Crippen LogP contribution in [0.2, 0.25) is 5.02 Å². The molecule has 0 radical (unpaired) electrons. The molecule has 2 aromatic rings. The van der Waals surface area contributed by atoms with Crippen molar-refractivity contribution in [2.24, 2.45) is 0 Å². The molecule has 1 fully saturated rings. The lowest BCUT2D eigenvalue weighted by Crippen LogP contribution is -2.33. The zero-order chi connectivity index (χ0) is 14.1. The lowest BCUT2D eigenvalue weighted by Gasteiger charge is -2.21. The molecule has 3 rings (SSSR count). The third kappa shape index (κ3) is 2.70. The summed E-state index contributed by atoms with van der Waals surface area (Å²) in [4.78, 5) is 14.2. The maximum atomic E-state index is 13.8. The second-order valence-corrected chi connectivity index (χ2v) is 5.30. The molecule has 0 aliphatic heterocycles. The summed E-state index contributed by atoms with van der Waals surface area (Å²) in [6.45, 7) is 0.350. The van der Waals surface area contributed by atoms with Crippen molar-refractivity contribution in [1.82, 2.24) is 4.90 Å². The first-order valence-electron chi connectivity index (χ1n) is 6.43. The molecule has 1 aliphatic carbocycles. The zero-order valence-electron chi connectivity index (χ0n) is 10.7. The van der Waals surface area contributed by atoms with E-state index < -0.39 is 5.82 Å². The fourth-order valence-electron chi connectivity index (χ4n) is 2.14. The highest BCUT2D eigenvalue weighted by Crippen LogP contribution is 2.30. The Kier molecular flexibility index (Phi) is 3.49. The number of furan rings is 1. The van der Waals surface area contributed by atoms with Crippen LogP contribution in [0.1, 0.15) is 29.0 Å². The Hall–Kier alpha value is -1.81. The van der Waals surface area contributed by atoms with Gasteiger partial charge in [-0.3, -0.25) is 4.79 Å². The van der Waals surface area contributed by atoms with Crippen LogP contribution in [0.15, 0.2) is 41.0 Å². The van der Waals surface area contributed by atoms with E-state index in [2.05, 4.69) is 0 Å². The highest BCUT2D eigenvalue weighted by molar-refractivity contribution is 6.31. The van der Waals surface area contributed by atoms with Crippen LogP contribution < -0.4 is 0 Å². The number of hydrogen-bond donors (Lipinski definition) is 0. The number of benzene rings is 1. The van der Waals surface area contributed by atoms with Gasteiger partial charge in [-0.15, -0.1) is 0 Å². The second kappa shape index (κ2) is 5.29. The summed E-state index contributed by atoms with van der Waals surface area (Å²) < 4.78 is 19.1. The molecule has 1 saturated carbocycles. The van der Waals surface area contributed by atoms with Crippen molar-refractivity contribution in [3.05, 3.63) is 58.8 Å². The molecule has 5 heteroatoms. The molecular formula is C15H13ClFNO2. The minimum Gasteiger partial charge on any atom is -0.467 e. The summed E-state index contributed by atoms with van der Waals surface area (Å²) >= 11 is 5.85. The van der Waals surface area contributed by atoms with E-state index in [9.17, 15) is 9.18 Å². The van der Waals surface area contributed by atoms with Gasteiger partial charge in [0.1, 0.15) is 11.6 Å². The number of halogens is 2. The Labute approximate surface area is 120 Å². The summed E-state index contributed by atoms with van der Waals surface area (Å²) in [5.74, 6) is -0.207. The molecule has 1 heterocycles. The summed E-state index contributed by atoms with van der Waals surface area (Å²) in [6, 6.07) is 7.75. The maximum absolute atomic E-state index is 13.8. The first kappa shape index (κ1) is 13.2. The summed E-state index contributed by atoms with van der Waals surface area (Å²) in [5.41, 5.74) is 0.0101. The van der Waals surface area contributed by atoms with Crippen molar-refractivity contribution in [3.8, 4) is 0 Å². The van der Waals surface area contributed by atoms with Crippen molar-refractivity contribution >= 4 is 17.5 Å². The summed E-state index contributed by atoms with van der Waals surface area (Å²) in [6.07, 6.45) is 3.44. The molecule has 1 aromatic carbocycles. The number of nitrogens with zero attached hydrogens (tertiary/aromatic N) is 1. The Morgan fingerprint density at radius 3 is 2.85 bits per heavy atom. The SMILES string of the molecule is O=C(c1cc(Cl)ccc1F)N(Cc1ccco1)C1CC1. The molecule has 104 valence electrons. The molecule has 0 atom stereocenters. The molecule has 0 saturated heterocycles. The van der Waals surface area contributed by atoms with Gasteiger partial charge in [0.05, 0.1) is 18.4 Å². The van der Waals surface area contributed by atoms with Crippen molar-refractivity contribution in [1.29, 1.82) is 0 Å². The number of carbonyl (C=O) groups excluding carboxylic acids is 1. The predicted molar refractivity (Wildman–Crippen MR) is 73.0 cm³/mol. The van der Waals surface area contributed by atoms with Crippen molar-refractivity contribution < 1.29 is 13.6 Å². The van der Waals surface area contributed by atoms with E-state index >= 15 is 0 Å². The number of carbonyl (C=O) groups is 1. The Balaban J connectivity index is 1.87. The van der Waals surface area contributed by atoms with E-state index in [1.165, 1.54) is 18.2 Å². The highest BCUT2D eigenvalue weighted by Gasteiger charge is 2.34. The lowest BCUT2D eigenvalue weighted by molar-refractivity contribution is 0.0713. The Morgan fingerprint density at radius 1 is 1.40 bits per heavy atom. The van der Waals surface area contributed by atoms with Gasteiger partial charge >= 0.3 is 0 Å². The van der Waals surface area contributed by atoms with Gasteiger partial charge < -0.3 is 9.32 Å². The van der Waals surface area contributed by atoms with Crippen molar-refractivity contribution in [2.45, 2.75) is 25.4 Å². The molecule has 1 aliphatic rings. The fraction of sp³-hybridized carbons (Fsp3) is 0.267. The first-order chi connectivity index (χ1) is 9.65. The molecule has 0 spiro atoms. The number of hydrogen-bond acceptors (Lipinski definition) is 2. The molecule has 1 amide bonds. The monoisotopic (exact) mass is 293 g/mol. The molecular weight excluding hydrogens is 281 g/mol. The van der Waals surface area contributed by atoms with Crippen molar-refractivity contribution in [3.63, 3.8) is 0 Å². The van der Waals surface area contributed by atoms with Crippen LogP contribution in [-0.4, -0.2) is 16.8 Å². The molecule has 0 N–H and O–H groups in total. The quantitative estimate of drug-likeness (QED) is 0.857. The second-order valence-electron chi connectivity index (χ2n) is 4.87. The first-order valence-corrected chi connectivity index (χ1v) is 6.81. The van der Waals surface area contributed by atoms with E-state index in [1.807, 2.05) is 0 Å². The molecule has 20 heavy (non-hydrogen) atoms. The summed E-state index contributed by atoms with van der Waals surface area (Å²) in [7, 11) is 0. The third-order valence-electron chi connectivity index (χ3n) is 3.31. The maximum Gasteiger partial charge on any atom is 0.257 e. The minimum absolute atomic E-state index is 0.0101. The zero-order valence-corrected chi connectivity index (χ0v) is 11.4. The van der Waals surface area contributed by atoms with E-state index in [-0.39, 0.29) is 17.5 Å². The standard InChI is InChI=1S/C15H13ClFNO2/c16-10-3-6-14(17)13(8-10)15(19)18(11-4-5-11)9-12-2-1-7-20-12/h1-3,6-8,11H,4-5,9H2. The van der Waals surface area contributed by atoms with Crippen LogP contribution in [0.25, 0.3) is 0 Å². The van der Waals surface area contributed by atoms with Crippen LogP contribution in [-0.2, 0) is 6.54 Å². The van der Waals surface area contributed by atoms with Crippen LogP contribution in [0.5, 0.6) is 0 Å².